The minimum atomic E-state index is -5.01. The molecule has 0 aromatic heterocycles. The van der Waals surface area contributed by atoms with Gasteiger partial charge in [-0.15, -0.1) is 0 Å². The Bertz CT molecular complexity index is 248. The molecule has 13 heavy (non-hydrogen) atoms. The van der Waals surface area contributed by atoms with E-state index in [4.69, 9.17) is 0 Å². The summed E-state index contributed by atoms with van der Waals surface area (Å²) in [5, 5.41) is 0. The molecule has 0 bridgehead atoms. The average molecular weight is 196 g/mol. The second-order valence-corrected chi connectivity index (χ2v) is 2.43. The van der Waals surface area contributed by atoms with Crippen LogP contribution in [0.3, 0.4) is 0 Å². The van der Waals surface area contributed by atoms with Crippen molar-refractivity contribution in [3.05, 3.63) is 5.57 Å². The molecule has 0 fully saturated rings. The Morgan fingerprint density at radius 3 is 2.08 bits per heavy atom. The number of hydrogen-bond donors (Lipinski definition) is 0. The van der Waals surface area contributed by atoms with Crippen molar-refractivity contribution >= 4 is 11.9 Å². The smallest absolute Gasteiger partial charge is 0.433 e. The third-order valence-electron chi connectivity index (χ3n) is 0.932. The van der Waals surface area contributed by atoms with Crippen LogP contribution in [0.25, 0.3) is 0 Å². The molecule has 74 valence electrons. The average Bonchev–Trinajstić information content (AvgIpc) is 1.82. The molecule has 0 amide bonds. The third kappa shape index (κ3) is 3.75. The van der Waals surface area contributed by atoms with Gasteiger partial charge in [-0.1, -0.05) is 0 Å². The van der Waals surface area contributed by atoms with Gasteiger partial charge in [-0.2, -0.15) is 13.2 Å². The summed E-state index contributed by atoms with van der Waals surface area (Å²) in [6, 6.07) is 0. The van der Waals surface area contributed by atoms with Crippen molar-refractivity contribution in [3.63, 3.8) is 0 Å². The summed E-state index contributed by atoms with van der Waals surface area (Å²) in [5.41, 5.74) is -1.94. The first kappa shape index (κ1) is 11.7. The lowest BCUT2D eigenvalue weighted by Crippen LogP contribution is -2.24. The summed E-state index contributed by atoms with van der Waals surface area (Å²) in [6.07, 6.45) is -5.72. The van der Waals surface area contributed by atoms with Gasteiger partial charge in [0.25, 0.3) is 0 Å². The van der Waals surface area contributed by atoms with E-state index in [9.17, 15) is 22.8 Å². The van der Waals surface area contributed by atoms with Crippen molar-refractivity contribution in [2.45, 2.75) is 26.1 Å². The van der Waals surface area contributed by atoms with Crippen LogP contribution in [0.4, 0.5) is 13.2 Å². The topological polar surface area (TPSA) is 43.4 Å². The first-order valence-corrected chi connectivity index (χ1v) is 3.32. The van der Waals surface area contributed by atoms with Crippen molar-refractivity contribution < 1.29 is 27.5 Å². The van der Waals surface area contributed by atoms with Crippen LogP contribution in [0.15, 0.2) is 5.57 Å². The molecule has 0 aliphatic carbocycles. The van der Waals surface area contributed by atoms with Crippen molar-refractivity contribution in [1.82, 2.24) is 0 Å². The molecule has 0 aromatic rings. The van der Waals surface area contributed by atoms with E-state index >= 15 is 0 Å². The molecule has 0 radical (unpaired) electrons. The summed E-state index contributed by atoms with van der Waals surface area (Å²) in [7, 11) is 0. The molecule has 3 nitrogen and oxygen atoms in total. The molecular formula is C7H7F3O3. The zero-order valence-corrected chi connectivity index (χ0v) is 6.94. The largest absolute Gasteiger partial charge is 0.459 e. The third-order valence-corrected chi connectivity index (χ3v) is 0.932. The molecule has 0 rings (SSSR count). The Hall–Kier alpha value is -1.29. The molecule has 6 heteroatoms. The predicted molar refractivity (Wildman–Crippen MR) is 36.5 cm³/mol. The van der Waals surface area contributed by atoms with Crippen molar-refractivity contribution in [1.29, 1.82) is 0 Å². The molecular weight excluding hydrogens is 189 g/mol. The molecule has 0 spiro atoms. The normalized spacial score (nSPS) is 10.9. The SMILES string of the molecule is CC(C)OC(=O)C(=C=O)C(F)(F)F. The van der Waals surface area contributed by atoms with Gasteiger partial charge in [0.15, 0.2) is 0 Å². The first-order valence-electron chi connectivity index (χ1n) is 3.32. The molecule has 0 heterocycles. The van der Waals surface area contributed by atoms with Gasteiger partial charge < -0.3 is 4.74 Å². The standard InChI is InChI=1S/C7H7F3O3/c1-4(2)13-6(12)5(3-11)7(8,9)10/h4H,1-2H3. The van der Waals surface area contributed by atoms with Gasteiger partial charge in [-0.05, 0) is 13.8 Å². The monoisotopic (exact) mass is 196 g/mol. The van der Waals surface area contributed by atoms with Gasteiger partial charge in [0.1, 0.15) is 5.94 Å². The predicted octanol–water partition coefficient (Wildman–Crippen LogP) is 1.26. The molecule has 0 saturated heterocycles. The molecule has 0 unspecified atom stereocenters. The number of carbonyl (C=O) groups excluding carboxylic acids is 2. The number of hydrogen-bond acceptors (Lipinski definition) is 3. The molecule has 0 atom stereocenters. The van der Waals surface area contributed by atoms with Crippen LogP contribution in [-0.2, 0) is 14.3 Å². The second kappa shape index (κ2) is 4.09. The number of esters is 1. The lowest BCUT2D eigenvalue weighted by Gasteiger charge is -2.09. The van der Waals surface area contributed by atoms with Gasteiger partial charge in [0.2, 0.25) is 5.57 Å². The van der Waals surface area contributed by atoms with Gasteiger partial charge in [-0.3, -0.25) is 0 Å². The maximum atomic E-state index is 11.8. The van der Waals surface area contributed by atoms with Crippen molar-refractivity contribution in [2.24, 2.45) is 0 Å². The summed E-state index contributed by atoms with van der Waals surface area (Å²) < 4.78 is 39.6. The van der Waals surface area contributed by atoms with Crippen LogP contribution in [0, 0.1) is 0 Å². The highest BCUT2D eigenvalue weighted by molar-refractivity contribution is 5.98. The van der Waals surface area contributed by atoms with Gasteiger partial charge in [0, 0.05) is 0 Å². The highest BCUT2D eigenvalue weighted by atomic mass is 19.4. The van der Waals surface area contributed by atoms with Crippen molar-refractivity contribution in [3.8, 4) is 0 Å². The zero-order chi connectivity index (χ0) is 10.6. The second-order valence-electron chi connectivity index (χ2n) is 2.43. The van der Waals surface area contributed by atoms with Crippen LogP contribution >= 0.6 is 0 Å². The van der Waals surface area contributed by atoms with E-state index in [1.165, 1.54) is 13.8 Å². The Morgan fingerprint density at radius 1 is 1.38 bits per heavy atom. The Labute approximate surface area is 72.2 Å². The summed E-state index contributed by atoms with van der Waals surface area (Å²) in [4.78, 5) is 20.4. The molecule has 0 aliphatic heterocycles. The van der Waals surface area contributed by atoms with Crippen molar-refractivity contribution in [2.75, 3.05) is 0 Å². The Balaban J connectivity index is 4.65. The van der Waals surface area contributed by atoms with Crippen LogP contribution in [0.5, 0.6) is 0 Å². The van der Waals surface area contributed by atoms with E-state index in [0.717, 1.165) is 0 Å². The number of halogens is 3. The lowest BCUT2D eigenvalue weighted by molar-refractivity contribution is -0.153. The Kier molecular flexibility index (Phi) is 3.69. The summed E-state index contributed by atoms with van der Waals surface area (Å²) in [6.45, 7) is 2.74. The number of carbonyl (C=O) groups is 1. The quantitative estimate of drug-likeness (QED) is 0.379. The first-order chi connectivity index (χ1) is 5.79. The highest BCUT2D eigenvalue weighted by Gasteiger charge is 2.41. The highest BCUT2D eigenvalue weighted by Crippen LogP contribution is 2.24. The Morgan fingerprint density at radius 2 is 1.85 bits per heavy atom. The summed E-state index contributed by atoms with van der Waals surface area (Å²) >= 11 is 0. The minimum Gasteiger partial charge on any atom is -0.459 e. The molecule has 0 saturated carbocycles. The molecule has 0 N–H and O–H groups in total. The van der Waals surface area contributed by atoms with Crippen LogP contribution in [-0.4, -0.2) is 24.2 Å². The van der Waals surface area contributed by atoms with E-state index in [0.29, 0.717) is 5.94 Å². The number of rotatable bonds is 2. The minimum absolute atomic E-state index is 0.514. The van der Waals surface area contributed by atoms with E-state index in [1.807, 2.05) is 0 Å². The van der Waals surface area contributed by atoms with E-state index in [2.05, 4.69) is 4.74 Å². The molecule has 0 aromatic carbocycles. The van der Waals surface area contributed by atoms with E-state index in [-0.39, 0.29) is 0 Å². The van der Waals surface area contributed by atoms with Crippen LogP contribution in [0.2, 0.25) is 0 Å². The number of ether oxygens (including phenoxy) is 1. The van der Waals surface area contributed by atoms with E-state index < -0.39 is 23.8 Å². The fourth-order valence-corrected chi connectivity index (χ4v) is 0.488. The fourth-order valence-electron chi connectivity index (χ4n) is 0.488. The molecule has 0 aliphatic rings. The van der Waals surface area contributed by atoms with Crippen LogP contribution < -0.4 is 0 Å². The zero-order valence-electron chi connectivity index (χ0n) is 6.94. The van der Waals surface area contributed by atoms with Gasteiger partial charge >= 0.3 is 12.1 Å². The fraction of sp³-hybridized carbons (Fsp3) is 0.571. The maximum Gasteiger partial charge on any atom is 0.433 e. The lowest BCUT2D eigenvalue weighted by atomic mass is 10.3. The maximum absolute atomic E-state index is 11.8. The van der Waals surface area contributed by atoms with E-state index in [1.54, 1.807) is 0 Å². The summed E-state index contributed by atoms with van der Waals surface area (Å²) in [5.74, 6) is -1.18. The van der Waals surface area contributed by atoms with Gasteiger partial charge in [-0.25, -0.2) is 9.59 Å². The number of alkyl halides is 3. The van der Waals surface area contributed by atoms with Crippen LogP contribution in [0.1, 0.15) is 13.8 Å². The van der Waals surface area contributed by atoms with Gasteiger partial charge in [0.05, 0.1) is 6.10 Å².